The van der Waals surface area contributed by atoms with Crippen molar-refractivity contribution in [3.05, 3.63) is 28.7 Å². The Morgan fingerprint density at radius 1 is 1.47 bits per heavy atom. The van der Waals surface area contributed by atoms with Crippen molar-refractivity contribution in [2.45, 2.75) is 6.10 Å². The Morgan fingerprint density at radius 3 is 2.89 bits per heavy atom. The zero-order chi connectivity index (χ0) is 13.8. The Balaban J connectivity index is 1.83. The van der Waals surface area contributed by atoms with Gasteiger partial charge < -0.3 is 15.2 Å². The maximum absolute atomic E-state index is 11.3. The van der Waals surface area contributed by atoms with Gasteiger partial charge in [0.25, 0.3) is 0 Å². The number of β-amino-alcohol motifs (C(OH)–C–C–N with tert-alkyl or cyclic N) is 1. The summed E-state index contributed by atoms with van der Waals surface area (Å²) in [5.41, 5.74) is 0. The summed E-state index contributed by atoms with van der Waals surface area (Å²) >= 11 is 3.31. The number of nitrogens with one attached hydrogen (secondary N) is 1. The van der Waals surface area contributed by atoms with Crippen molar-refractivity contribution in [3.8, 4) is 5.75 Å². The largest absolute Gasteiger partial charge is 0.491 e. The minimum absolute atomic E-state index is 0.00745. The van der Waals surface area contributed by atoms with Gasteiger partial charge in [0, 0.05) is 4.47 Å². The molecule has 0 radical (unpaired) electrons. The molecule has 1 saturated heterocycles. The number of aliphatic hydroxyl groups is 1. The van der Waals surface area contributed by atoms with E-state index in [2.05, 4.69) is 21.2 Å². The third-order valence-corrected chi connectivity index (χ3v) is 3.06. The first kappa shape index (κ1) is 13.8. The molecule has 1 heterocycles. The van der Waals surface area contributed by atoms with E-state index in [1.807, 2.05) is 12.1 Å². The van der Waals surface area contributed by atoms with Crippen LogP contribution in [-0.4, -0.2) is 47.7 Å². The number of ether oxygens (including phenoxy) is 1. The van der Waals surface area contributed by atoms with Crippen LogP contribution in [0.2, 0.25) is 0 Å². The van der Waals surface area contributed by atoms with Crippen molar-refractivity contribution in [2.75, 3.05) is 19.7 Å². The molecule has 102 valence electrons. The van der Waals surface area contributed by atoms with E-state index < -0.39 is 12.1 Å². The van der Waals surface area contributed by atoms with Crippen molar-refractivity contribution in [1.29, 1.82) is 0 Å². The maximum atomic E-state index is 11.3. The van der Waals surface area contributed by atoms with Crippen molar-refractivity contribution in [3.63, 3.8) is 0 Å². The number of nitrogens with zero attached hydrogens (tertiary/aromatic N) is 1. The number of amides is 3. The summed E-state index contributed by atoms with van der Waals surface area (Å²) in [5, 5.41) is 12.2. The molecule has 0 aliphatic carbocycles. The smallest absolute Gasteiger partial charge is 0.324 e. The summed E-state index contributed by atoms with van der Waals surface area (Å²) in [7, 11) is 0. The van der Waals surface area contributed by atoms with Crippen molar-refractivity contribution >= 4 is 27.9 Å². The lowest BCUT2D eigenvalue weighted by Crippen LogP contribution is -2.39. The second-order valence-corrected chi connectivity index (χ2v) is 5.00. The summed E-state index contributed by atoms with van der Waals surface area (Å²) in [6, 6.07) is 6.71. The molecule has 7 heteroatoms. The fourth-order valence-corrected chi connectivity index (χ4v) is 2.03. The van der Waals surface area contributed by atoms with E-state index >= 15 is 0 Å². The van der Waals surface area contributed by atoms with Crippen LogP contribution in [0.25, 0.3) is 0 Å². The number of urea groups is 1. The monoisotopic (exact) mass is 328 g/mol. The van der Waals surface area contributed by atoms with E-state index in [1.165, 1.54) is 0 Å². The predicted molar refractivity (Wildman–Crippen MR) is 70.8 cm³/mol. The van der Waals surface area contributed by atoms with Gasteiger partial charge in [0.05, 0.1) is 13.1 Å². The average Bonchev–Trinajstić information content (AvgIpc) is 2.68. The molecule has 1 aromatic rings. The van der Waals surface area contributed by atoms with E-state index in [0.717, 1.165) is 9.37 Å². The number of hydrogen-bond donors (Lipinski definition) is 2. The van der Waals surface area contributed by atoms with Crippen molar-refractivity contribution in [2.24, 2.45) is 0 Å². The maximum Gasteiger partial charge on any atom is 0.324 e. The Bertz CT molecular complexity index is 478. The van der Waals surface area contributed by atoms with Gasteiger partial charge in [-0.1, -0.05) is 22.0 Å². The summed E-state index contributed by atoms with van der Waals surface area (Å²) in [6.07, 6.45) is -0.924. The zero-order valence-electron chi connectivity index (χ0n) is 10.0. The second-order valence-electron chi connectivity index (χ2n) is 4.09. The van der Waals surface area contributed by atoms with Crippen molar-refractivity contribution < 1.29 is 19.4 Å². The highest BCUT2D eigenvalue weighted by Gasteiger charge is 2.30. The molecule has 3 amide bonds. The number of hydrogen-bond acceptors (Lipinski definition) is 4. The highest BCUT2D eigenvalue weighted by Crippen LogP contribution is 2.17. The summed E-state index contributed by atoms with van der Waals surface area (Å²) < 4.78 is 6.25. The van der Waals surface area contributed by atoms with Crippen LogP contribution < -0.4 is 10.1 Å². The first-order valence-corrected chi connectivity index (χ1v) is 6.50. The number of carbonyl (C=O) groups excluding carboxylic acids is 2. The van der Waals surface area contributed by atoms with Gasteiger partial charge in [-0.3, -0.25) is 9.69 Å². The van der Waals surface area contributed by atoms with Gasteiger partial charge in [-0.25, -0.2) is 4.79 Å². The van der Waals surface area contributed by atoms with E-state index in [4.69, 9.17) is 4.74 Å². The Kier molecular flexibility index (Phi) is 4.39. The molecule has 1 fully saturated rings. The zero-order valence-corrected chi connectivity index (χ0v) is 11.6. The number of imide groups is 1. The molecule has 1 aliphatic heterocycles. The van der Waals surface area contributed by atoms with E-state index in [9.17, 15) is 14.7 Å². The van der Waals surface area contributed by atoms with Crippen LogP contribution >= 0.6 is 15.9 Å². The molecule has 1 aliphatic rings. The van der Waals surface area contributed by atoms with E-state index in [1.54, 1.807) is 12.1 Å². The van der Waals surface area contributed by atoms with Gasteiger partial charge in [-0.2, -0.15) is 0 Å². The van der Waals surface area contributed by atoms with Gasteiger partial charge in [-0.15, -0.1) is 0 Å². The van der Waals surface area contributed by atoms with Crippen LogP contribution in [0.5, 0.6) is 5.75 Å². The minimum Gasteiger partial charge on any atom is -0.491 e. The highest BCUT2D eigenvalue weighted by atomic mass is 79.9. The molecule has 0 saturated carbocycles. The third kappa shape index (κ3) is 3.68. The summed E-state index contributed by atoms with van der Waals surface area (Å²) in [6.45, 7) is -0.0791. The molecular formula is C12H13BrN2O4. The molecular weight excluding hydrogens is 316 g/mol. The fourth-order valence-electron chi connectivity index (χ4n) is 1.65. The molecule has 6 nitrogen and oxygen atoms in total. The Hall–Kier alpha value is -1.60. The first-order valence-electron chi connectivity index (χ1n) is 5.71. The van der Waals surface area contributed by atoms with Gasteiger partial charge in [0.2, 0.25) is 5.91 Å². The van der Waals surface area contributed by atoms with Gasteiger partial charge in [-0.05, 0) is 18.2 Å². The fraction of sp³-hybridized carbons (Fsp3) is 0.333. The molecule has 1 unspecified atom stereocenters. The number of carbonyl (C=O) groups is 2. The van der Waals surface area contributed by atoms with Crippen LogP contribution in [-0.2, 0) is 4.79 Å². The van der Waals surface area contributed by atoms with Crippen LogP contribution in [0.3, 0.4) is 0 Å². The lowest BCUT2D eigenvalue weighted by atomic mass is 10.3. The van der Waals surface area contributed by atoms with Crippen LogP contribution in [0.15, 0.2) is 28.7 Å². The van der Waals surface area contributed by atoms with Crippen molar-refractivity contribution in [1.82, 2.24) is 10.2 Å². The van der Waals surface area contributed by atoms with E-state index in [0.29, 0.717) is 5.75 Å². The lowest BCUT2D eigenvalue weighted by Gasteiger charge is -2.17. The predicted octanol–water partition coefficient (Wildman–Crippen LogP) is 0.741. The van der Waals surface area contributed by atoms with Gasteiger partial charge >= 0.3 is 6.03 Å². The first-order chi connectivity index (χ1) is 9.06. The molecule has 1 atom stereocenters. The summed E-state index contributed by atoms with van der Waals surface area (Å²) in [5.74, 6) is 0.261. The topological polar surface area (TPSA) is 78.9 Å². The molecule has 1 aromatic carbocycles. The Labute approximate surface area is 118 Å². The van der Waals surface area contributed by atoms with Gasteiger partial charge in [0.1, 0.15) is 18.5 Å². The van der Waals surface area contributed by atoms with Crippen LogP contribution in [0.1, 0.15) is 0 Å². The number of aliphatic hydroxyl groups excluding tert-OH is 1. The van der Waals surface area contributed by atoms with Crippen LogP contribution in [0.4, 0.5) is 4.79 Å². The van der Waals surface area contributed by atoms with E-state index in [-0.39, 0.29) is 25.6 Å². The van der Waals surface area contributed by atoms with Crippen LogP contribution in [0, 0.1) is 0 Å². The second kappa shape index (κ2) is 6.03. The molecule has 2 N–H and O–H groups in total. The Morgan fingerprint density at radius 2 is 2.26 bits per heavy atom. The molecule has 0 bridgehead atoms. The SMILES string of the molecule is O=C1CNC(=O)N1CC(O)COc1cccc(Br)c1. The molecule has 0 spiro atoms. The quantitative estimate of drug-likeness (QED) is 0.781. The standard InChI is InChI=1S/C12H13BrN2O4/c13-8-2-1-3-10(4-8)19-7-9(16)6-15-11(17)5-14-12(15)18/h1-4,9,16H,5-7H2,(H,14,18). The lowest BCUT2D eigenvalue weighted by molar-refractivity contribution is -0.126. The minimum atomic E-state index is -0.924. The third-order valence-electron chi connectivity index (χ3n) is 2.57. The normalized spacial score (nSPS) is 16.4. The number of rotatable bonds is 5. The highest BCUT2D eigenvalue weighted by molar-refractivity contribution is 9.10. The summed E-state index contributed by atoms with van der Waals surface area (Å²) in [4.78, 5) is 23.6. The number of halogens is 1. The molecule has 2 rings (SSSR count). The number of benzene rings is 1. The average molecular weight is 329 g/mol. The molecule has 19 heavy (non-hydrogen) atoms. The molecule has 0 aromatic heterocycles. The van der Waals surface area contributed by atoms with Gasteiger partial charge in [0.15, 0.2) is 0 Å².